The second-order valence-electron chi connectivity index (χ2n) is 5.92. The molecular formula is C17H27ClN4O2. The van der Waals surface area contributed by atoms with Gasteiger partial charge in [0.25, 0.3) is 0 Å². The van der Waals surface area contributed by atoms with E-state index in [1.54, 1.807) is 0 Å². The number of halogens is 1. The van der Waals surface area contributed by atoms with Crippen LogP contribution in [0.1, 0.15) is 18.4 Å². The lowest BCUT2D eigenvalue weighted by atomic mass is 9.97. The fourth-order valence-corrected chi connectivity index (χ4v) is 2.81. The Morgan fingerprint density at radius 3 is 2.67 bits per heavy atom. The van der Waals surface area contributed by atoms with E-state index in [4.69, 9.17) is 5.73 Å². The van der Waals surface area contributed by atoms with Crippen LogP contribution in [0.4, 0.5) is 0 Å². The molecule has 2 rings (SSSR count). The fraction of sp³-hybridized carbons (Fsp3) is 0.529. The molecule has 1 saturated heterocycles. The Labute approximate surface area is 149 Å². The van der Waals surface area contributed by atoms with Crippen molar-refractivity contribution >= 4 is 24.2 Å². The molecule has 6 nitrogen and oxygen atoms in total. The number of nitrogens with one attached hydrogen (secondary N) is 2. The van der Waals surface area contributed by atoms with Crippen molar-refractivity contribution in [1.82, 2.24) is 15.5 Å². The Hall–Kier alpha value is -1.63. The molecule has 1 aromatic carbocycles. The maximum absolute atomic E-state index is 12.1. The molecule has 1 aliphatic heterocycles. The van der Waals surface area contributed by atoms with Crippen LogP contribution >= 0.6 is 12.4 Å². The molecule has 0 spiro atoms. The molecule has 1 atom stereocenters. The van der Waals surface area contributed by atoms with E-state index < -0.39 is 0 Å². The lowest BCUT2D eigenvalue weighted by molar-refractivity contribution is -0.128. The molecule has 0 aromatic heterocycles. The van der Waals surface area contributed by atoms with Gasteiger partial charge in [-0.1, -0.05) is 30.3 Å². The van der Waals surface area contributed by atoms with Gasteiger partial charge in [0.2, 0.25) is 11.8 Å². The zero-order valence-electron chi connectivity index (χ0n) is 13.9. The average Bonchev–Trinajstić information content (AvgIpc) is 2.59. The molecular weight excluding hydrogens is 328 g/mol. The smallest absolute Gasteiger partial charge is 0.234 e. The number of carbonyl (C=O) groups is 2. The molecule has 0 radical (unpaired) electrons. The van der Waals surface area contributed by atoms with Gasteiger partial charge >= 0.3 is 0 Å². The first-order valence-electron chi connectivity index (χ1n) is 8.20. The van der Waals surface area contributed by atoms with Gasteiger partial charge in [0.15, 0.2) is 0 Å². The molecule has 1 fully saturated rings. The second kappa shape index (κ2) is 11.0. The quantitative estimate of drug-likeness (QED) is 0.666. The van der Waals surface area contributed by atoms with E-state index in [9.17, 15) is 9.59 Å². The molecule has 1 aliphatic rings. The molecule has 1 aromatic rings. The van der Waals surface area contributed by atoms with E-state index in [2.05, 4.69) is 15.5 Å². The van der Waals surface area contributed by atoms with Crippen molar-refractivity contribution in [2.24, 2.45) is 11.7 Å². The molecule has 1 unspecified atom stereocenters. The summed E-state index contributed by atoms with van der Waals surface area (Å²) < 4.78 is 0. The van der Waals surface area contributed by atoms with Gasteiger partial charge in [0.1, 0.15) is 0 Å². The lowest BCUT2D eigenvalue weighted by Crippen LogP contribution is -2.47. The number of hydrogen-bond donors (Lipinski definition) is 3. The van der Waals surface area contributed by atoms with E-state index >= 15 is 0 Å². The molecule has 4 N–H and O–H groups in total. The number of hydrogen-bond acceptors (Lipinski definition) is 4. The summed E-state index contributed by atoms with van der Waals surface area (Å²) in [5, 5.41) is 5.76. The summed E-state index contributed by atoms with van der Waals surface area (Å²) in [5.74, 6) is -0.000985. The first kappa shape index (κ1) is 20.4. The maximum atomic E-state index is 12.1. The molecule has 7 heteroatoms. The number of amides is 2. The summed E-state index contributed by atoms with van der Waals surface area (Å²) in [4.78, 5) is 26.1. The number of benzene rings is 1. The molecule has 24 heavy (non-hydrogen) atoms. The van der Waals surface area contributed by atoms with Crippen molar-refractivity contribution in [1.29, 1.82) is 0 Å². The van der Waals surface area contributed by atoms with E-state index in [0.29, 0.717) is 32.7 Å². The van der Waals surface area contributed by atoms with Crippen LogP contribution in [0, 0.1) is 5.92 Å². The second-order valence-corrected chi connectivity index (χ2v) is 5.92. The van der Waals surface area contributed by atoms with Crippen LogP contribution in [0.2, 0.25) is 0 Å². The van der Waals surface area contributed by atoms with Crippen molar-refractivity contribution in [2.75, 3.05) is 32.7 Å². The standard InChI is InChI=1S/C17H26N4O2.ClH/c18-8-9-19-17(23)15-7-4-10-21(12-15)13-16(22)20-11-14-5-2-1-3-6-14;/h1-3,5-6,15H,4,7-13,18H2,(H,19,23)(H,20,22);1H. The van der Waals surface area contributed by atoms with Crippen molar-refractivity contribution in [3.05, 3.63) is 35.9 Å². The van der Waals surface area contributed by atoms with E-state index in [-0.39, 0.29) is 30.1 Å². The highest BCUT2D eigenvalue weighted by atomic mass is 35.5. The fourth-order valence-electron chi connectivity index (χ4n) is 2.81. The van der Waals surface area contributed by atoms with E-state index in [0.717, 1.165) is 24.9 Å². The number of likely N-dealkylation sites (tertiary alicyclic amines) is 1. The maximum Gasteiger partial charge on any atom is 0.234 e. The van der Waals surface area contributed by atoms with Gasteiger partial charge in [-0.25, -0.2) is 0 Å². The summed E-state index contributed by atoms with van der Waals surface area (Å²) in [6, 6.07) is 9.83. The van der Waals surface area contributed by atoms with Gasteiger partial charge in [0.05, 0.1) is 12.5 Å². The highest BCUT2D eigenvalue weighted by Crippen LogP contribution is 2.16. The van der Waals surface area contributed by atoms with Gasteiger partial charge in [-0.3, -0.25) is 14.5 Å². The largest absolute Gasteiger partial charge is 0.355 e. The number of piperidine rings is 1. The Balaban J connectivity index is 0.00000288. The lowest BCUT2D eigenvalue weighted by Gasteiger charge is -2.31. The predicted octanol–water partition coefficient (Wildman–Crippen LogP) is 0.512. The first-order valence-corrected chi connectivity index (χ1v) is 8.20. The molecule has 1 heterocycles. The Bertz CT molecular complexity index is 513. The van der Waals surface area contributed by atoms with Gasteiger partial charge < -0.3 is 16.4 Å². The minimum absolute atomic E-state index is 0. The Morgan fingerprint density at radius 1 is 1.21 bits per heavy atom. The van der Waals surface area contributed by atoms with Crippen LogP contribution in [0.25, 0.3) is 0 Å². The summed E-state index contributed by atoms with van der Waals surface area (Å²) in [5.41, 5.74) is 6.48. The van der Waals surface area contributed by atoms with Gasteiger partial charge in [-0.05, 0) is 24.9 Å². The molecule has 0 bridgehead atoms. The van der Waals surface area contributed by atoms with Crippen molar-refractivity contribution in [3.8, 4) is 0 Å². The minimum Gasteiger partial charge on any atom is -0.355 e. The number of rotatable bonds is 7. The highest BCUT2D eigenvalue weighted by molar-refractivity contribution is 5.85. The van der Waals surface area contributed by atoms with Crippen molar-refractivity contribution in [3.63, 3.8) is 0 Å². The third kappa shape index (κ3) is 6.86. The Kier molecular flexibility index (Phi) is 9.37. The normalized spacial score (nSPS) is 17.6. The van der Waals surface area contributed by atoms with Gasteiger partial charge in [-0.15, -0.1) is 12.4 Å². The third-order valence-electron chi connectivity index (χ3n) is 4.02. The molecule has 0 aliphatic carbocycles. The van der Waals surface area contributed by atoms with Crippen LogP contribution < -0.4 is 16.4 Å². The zero-order chi connectivity index (χ0) is 16.5. The Morgan fingerprint density at radius 2 is 1.96 bits per heavy atom. The third-order valence-corrected chi connectivity index (χ3v) is 4.02. The average molecular weight is 355 g/mol. The van der Waals surface area contributed by atoms with Crippen LogP contribution in [0.15, 0.2) is 30.3 Å². The monoisotopic (exact) mass is 354 g/mol. The van der Waals surface area contributed by atoms with Crippen molar-refractivity contribution in [2.45, 2.75) is 19.4 Å². The van der Waals surface area contributed by atoms with E-state index in [1.807, 2.05) is 30.3 Å². The van der Waals surface area contributed by atoms with Crippen LogP contribution in [-0.2, 0) is 16.1 Å². The minimum atomic E-state index is -0.0442. The summed E-state index contributed by atoms with van der Waals surface area (Å²) >= 11 is 0. The number of nitrogens with zero attached hydrogens (tertiary/aromatic N) is 1. The van der Waals surface area contributed by atoms with Gasteiger partial charge in [0, 0.05) is 26.2 Å². The van der Waals surface area contributed by atoms with Crippen molar-refractivity contribution < 1.29 is 9.59 Å². The first-order chi connectivity index (χ1) is 11.2. The molecule has 0 saturated carbocycles. The number of carbonyl (C=O) groups excluding carboxylic acids is 2. The highest BCUT2D eigenvalue weighted by Gasteiger charge is 2.26. The van der Waals surface area contributed by atoms with Crippen LogP contribution in [0.3, 0.4) is 0 Å². The predicted molar refractivity (Wildman–Crippen MR) is 96.8 cm³/mol. The molecule has 2 amide bonds. The van der Waals surface area contributed by atoms with Crippen LogP contribution in [-0.4, -0.2) is 49.4 Å². The summed E-state index contributed by atoms with van der Waals surface area (Å²) in [7, 11) is 0. The van der Waals surface area contributed by atoms with Gasteiger partial charge in [-0.2, -0.15) is 0 Å². The number of nitrogens with two attached hydrogens (primary N) is 1. The zero-order valence-corrected chi connectivity index (χ0v) is 14.7. The SMILES string of the molecule is Cl.NCCNC(=O)C1CCCN(CC(=O)NCc2ccccc2)C1. The molecule has 134 valence electrons. The summed E-state index contributed by atoms with van der Waals surface area (Å²) in [6.45, 7) is 3.33. The topological polar surface area (TPSA) is 87.5 Å². The van der Waals surface area contributed by atoms with Crippen LogP contribution in [0.5, 0.6) is 0 Å². The van der Waals surface area contributed by atoms with E-state index in [1.165, 1.54) is 0 Å². The summed E-state index contributed by atoms with van der Waals surface area (Å²) in [6.07, 6.45) is 1.81.